The second-order valence-corrected chi connectivity index (χ2v) is 4.70. The van der Waals surface area contributed by atoms with Gasteiger partial charge in [-0.1, -0.05) is 6.92 Å². The van der Waals surface area contributed by atoms with Crippen molar-refractivity contribution in [1.29, 1.82) is 0 Å². The van der Waals surface area contributed by atoms with Crippen LogP contribution in [-0.2, 0) is 0 Å². The maximum Gasteiger partial charge on any atom is 0.134 e. The van der Waals surface area contributed by atoms with Crippen LogP contribution >= 0.6 is 0 Å². The van der Waals surface area contributed by atoms with Crippen molar-refractivity contribution in [3.05, 3.63) is 11.4 Å². The van der Waals surface area contributed by atoms with Gasteiger partial charge < -0.3 is 10.6 Å². The highest BCUT2D eigenvalue weighted by atomic mass is 15.1. The molecule has 0 radical (unpaired) electrons. The zero-order valence-corrected chi connectivity index (χ0v) is 10.5. The van der Waals surface area contributed by atoms with Crippen molar-refractivity contribution < 1.29 is 0 Å². The molecule has 2 N–H and O–H groups in total. The van der Waals surface area contributed by atoms with E-state index in [0.717, 1.165) is 41.4 Å². The Hall–Kier alpha value is -1.32. The van der Waals surface area contributed by atoms with E-state index in [1.165, 1.54) is 6.42 Å². The van der Waals surface area contributed by atoms with E-state index < -0.39 is 0 Å². The van der Waals surface area contributed by atoms with Gasteiger partial charge in [0.15, 0.2) is 0 Å². The fourth-order valence-corrected chi connectivity index (χ4v) is 1.96. The van der Waals surface area contributed by atoms with E-state index in [-0.39, 0.29) is 0 Å². The minimum absolute atomic E-state index is 0.807. The third-order valence-corrected chi connectivity index (χ3v) is 3.30. The summed E-state index contributed by atoms with van der Waals surface area (Å²) in [7, 11) is 1.89. The number of aryl methyl sites for hydroxylation is 1. The largest absolute Gasteiger partial charge is 0.373 e. The highest BCUT2D eigenvalue weighted by molar-refractivity contribution is 5.56. The van der Waals surface area contributed by atoms with Gasteiger partial charge in [0.1, 0.15) is 17.5 Å². The van der Waals surface area contributed by atoms with Gasteiger partial charge in [-0.2, -0.15) is 0 Å². The van der Waals surface area contributed by atoms with E-state index in [1.807, 2.05) is 20.9 Å². The standard InChI is InChI=1S/C12H20N4/c1-7-5-10(7)6-14-12-8(2)11(13-4)15-9(3)16-12/h7,10H,5-6H2,1-4H3,(H2,13,14,15,16). The molecule has 4 nitrogen and oxygen atoms in total. The van der Waals surface area contributed by atoms with Gasteiger partial charge >= 0.3 is 0 Å². The molecule has 0 aromatic carbocycles. The molecule has 0 spiro atoms. The van der Waals surface area contributed by atoms with Crippen molar-refractivity contribution in [3.63, 3.8) is 0 Å². The normalized spacial score (nSPS) is 23.0. The van der Waals surface area contributed by atoms with Crippen LogP contribution in [0, 0.1) is 25.7 Å². The molecule has 1 saturated carbocycles. The first-order valence-corrected chi connectivity index (χ1v) is 5.88. The molecule has 0 bridgehead atoms. The van der Waals surface area contributed by atoms with Gasteiger partial charge in [-0.3, -0.25) is 0 Å². The Balaban J connectivity index is 2.09. The zero-order chi connectivity index (χ0) is 11.7. The van der Waals surface area contributed by atoms with Crippen molar-refractivity contribution in [3.8, 4) is 0 Å². The minimum Gasteiger partial charge on any atom is -0.373 e. The molecule has 0 aliphatic heterocycles. The lowest BCUT2D eigenvalue weighted by molar-refractivity contribution is 0.782. The van der Waals surface area contributed by atoms with Gasteiger partial charge in [-0.15, -0.1) is 0 Å². The predicted molar refractivity (Wildman–Crippen MR) is 66.8 cm³/mol. The van der Waals surface area contributed by atoms with Crippen LogP contribution in [0.4, 0.5) is 11.6 Å². The predicted octanol–water partition coefficient (Wildman–Crippen LogP) is 2.20. The van der Waals surface area contributed by atoms with Crippen molar-refractivity contribution >= 4 is 11.6 Å². The van der Waals surface area contributed by atoms with Crippen LogP contribution in [-0.4, -0.2) is 23.6 Å². The number of hydrogen-bond donors (Lipinski definition) is 2. The maximum atomic E-state index is 4.44. The summed E-state index contributed by atoms with van der Waals surface area (Å²) in [4.78, 5) is 8.79. The first kappa shape index (κ1) is 11.2. The van der Waals surface area contributed by atoms with Gasteiger partial charge in [0, 0.05) is 19.2 Å². The molecule has 1 heterocycles. The Morgan fingerprint density at radius 1 is 1.25 bits per heavy atom. The Morgan fingerprint density at radius 2 is 1.88 bits per heavy atom. The minimum atomic E-state index is 0.807. The first-order valence-electron chi connectivity index (χ1n) is 5.88. The molecule has 88 valence electrons. The molecule has 1 aromatic rings. The maximum absolute atomic E-state index is 4.44. The molecular weight excluding hydrogens is 200 g/mol. The number of nitrogens with one attached hydrogen (secondary N) is 2. The fraction of sp³-hybridized carbons (Fsp3) is 0.667. The smallest absolute Gasteiger partial charge is 0.134 e. The van der Waals surface area contributed by atoms with Crippen LogP contribution in [0.1, 0.15) is 24.7 Å². The SMILES string of the molecule is CNc1nc(C)nc(NCC2CC2C)c1C. The molecule has 1 aliphatic carbocycles. The van der Waals surface area contributed by atoms with Crippen LogP contribution in [0.5, 0.6) is 0 Å². The molecule has 1 fully saturated rings. The van der Waals surface area contributed by atoms with E-state index in [0.29, 0.717) is 0 Å². The Morgan fingerprint density at radius 3 is 2.44 bits per heavy atom. The summed E-state index contributed by atoms with van der Waals surface area (Å²) in [6, 6.07) is 0. The Kier molecular flexibility index (Phi) is 2.99. The second-order valence-electron chi connectivity index (χ2n) is 4.70. The summed E-state index contributed by atoms with van der Waals surface area (Å²) in [6.45, 7) is 7.29. The lowest BCUT2D eigenvalue weighted by atomic mass is 10.3. The summed E-state index contributed by atoms with van der Waals surface area (Å²) in [5.41, 5.74) is 1.10. The number of hydrogen-bond acceptors (Lipinski definition) is 4. The van der Waals surface area contributed by atoms with Crippen LogP contribution < -0.4 is 10.6 Å². The van der Waals surface area contributed by atoms with E-state index in [1.54, 1.807) is 0 Å². The van der Waals surface area contributed by atoms with Gasteiger partial charge in [-0.25, -0.2) is 9.97 Å². The average molecular weight is 220 g/mol. The Bertz CT molecular complexity index is 389. The van der Waals surface area contributed by atoms with Crippen molar-refractivity contribution in [1.82, 2.24) is 9.97 Å². The van der Waals surface area contributed by atoms with Crippen LogP contribution in [0.25, 0.3) is 0 Å². The van der Waals surface area contributed by atoms with Crippen molar-refractivity contribution in [2.45, 2.75) is 27.2 Å². The highest BCUT2D eigenvalue weighted by Crippen LogP contribution is 2.37. The Labute approximate surface area is 96.9 Å². The van der Waals surface area contributed by atoms with E-state index in [2.05, 4.69) is 27.5 Å². The zero-order valence-electron chi connectivity index (χ0n) is 10.5. The highest BCUT2D eigenvalue weighted by Gasteiger charge is 2.32. The van der Waals surface area contributed by atoms with E-state index in [9.17, 15) is 0 Å². The summed E-state index contributed by atoms with van der Waals surface area (Å²) in [5, 5.41) is 6.53. The summed E-state index contributed by atoms with van der Waals surface area (Å²) < 4.78 is 0. The van der Waals surface area contributed by atoms with Gasteiger partial charge in [0.25, 0.3) is 0 Å². The quantitative estimate of drug-likeness (QED) is 0.816. The molecule has 0 amide bonds. The third-order valence-electron chi connectivity index (χ3n) is 3.30. The number of rotatable bonds is 4. The van der Waals surface area contributed by atoms with Crippen molar-refractivity contribution in [2.24, 2.45) is 11.8 Å². The lowest BCUT2D eigenvalue weighted by Gasteiger charge is -2.12. The van der Waals surface area contributed by atoms with Crippen LogP contribution in [0.15, 0.2) is 0 Å². The summed E-state index contributed by atoms with van der Waals surface area (Å²) in [6.07, 6.45) is 1.34. The van der Waals surface area contributed by atoms with E-state index in [4.69, 9.17) is 0 Å². The van der Waals surface area contributed by atoms with Crippen molar-refractivity contribution in [2.75, 3.05) is 24.2 Å². The van der Waals surface area contributed by atoms with Gasteiger partial charge in [0.05, 0.1) is 0 Å². The molecule has 4 heteroatoms. The van der Waals surface area contributed by atoms with Gasteiger partial charge in [-0.05, 0) is 32.1 Å². The molecule has 16 heavy (non-hydrogen) atoms. The molecule has 2 atom stereocenters. The molecule has 2 rings (SSSR count). The number of nitrogens with zero attached hydrogens (tertiary/aromatic N) is 2. The number of anilines is 2. The molecule has 2 unspecified atom stereocenters. The molecular formula is C12H20N4. The third kappa shape index (κ3) is 2.26. The van der Waals surface area contributed by atoms with Crippen LogP contribution in [0.3, 0.4) is 0 Å². The van der Waals surface area contributed by atoms with E-state index >= 15 is 0 Å². The fourth-order valence-electron chi connectivity index (χ4n) is 1.96. The second kappa shape index (κ2) is 4.28. The number of aromatic nitrogens is 2. The summed E-state index contributed by atoms with van der Waals surface area (Å²) in [5.74, 6) is 4.39. The molecule has 0 saturated heterocycles. The lowest BCUT2D eigenvalue weighted by Crippen LogP contribution is -2.10. The summed E-state index contributed by atoms with van der Waals surface area (Å²) >= 11 is 0. The topological polar surface area (TPSA) is 49.8 Å². The first-order chi connectivity index (χ1) is 7.61. The van der Waals surface area contributed by atoms with Gasteiger partial charge in [0.2, 0.25) is 0 Å². The van der Waals surface area contributed by atoms with Crippen LogP contribution in [0.2, 0.25) is 0 Å². The molecule has 1 aliphatic rings. The molecule has 1 aromatic heterocycles. The monoisotopic (exact) mass is 220 g/mol. The average Bonchev–Trinajstić information content (AvgIpc) is 2.95.